The van der Waals surface area contributed by atoms with Crippen LogP contribution >= 0.6 is 11.6 Å². The van der Waals surface area contributed by atoms with E-state index in [1.165, 1.54) is 5.56 Å². The van der Waals surface area contributed by atoms with Gasteiger partial charge in [-0.1, -0.05) is 11.6 Å². The highest BCUT2D eigenvalue weighted by Gasteiger charge is 2.12. The van der Waals surface area contributed by atoms with E-state index in [0.29, 0.717) is 13.2 Å². The molecule has 0 saturated heterocycles. The summed E-state index contributed by atoms with van der Waals surface area (Å²) in [5.74, 6) is 0.954. The molecule has 0 amide bonds. The van der Waals surface area contributed by atoms with Crippen molar-refractivity contribution in [1.82, 2.24) is 0 Å². The van der Waals surface area contributed by atoms with Gasteiger partial charge in [0.05, 0.1) is 6.61 Å². The Labute approximate surface area is 103 Å². The van der Waals surface area contributed by atoms with Crippen LogP contribution in [0.2, 0.25) is 5.02 Å². The minimum absolute atomic E-state index is 0.677. The van der Waals surface area contributed by atoms with Crippen LogP contribution in [-0.2, 0) is 6.42 Å². The predicted molar refractivity (Wildman–Crippen MR) is 69.5 cm³/mol. The Morgan fingerprint density at radius 2 is 2.06 bits per heavy atom. The molecule has 16 heavy (non-hydrogen) atoms. The van der Waals surface area contributed by atoms with Gasteiger partial charge in [0.1, 0.15) is 5.75 Å². The first-order valence-electron chi connectivity index (χ1n) is 5.73. The normalized spacial score (nSPS) is 10.6. The van der Waals surface area contributed by atoms with Crippen molar-refractivity contribution in [2.45, 2.75) is 33.6 Å². The standard InChI is InChI=1S/C13H20ClNO/c1-4-16-12-8-9(2)13(14)10(3)11(12)6-5-7-15/h8H,4-7,15H2,1-3H3. The molecule has 2 N–H and O–H groups in total. The largest absolute Gasteiger partial charge is 0.494 e. The van der Waals surface area contributed by atoms with Crippen LogP contribution in [0.1, 0.15) is 30.0 Å². The van der Waals surface area contributed by atoms with E-state index in [2.05, 4.69) is 0 Å². The van der Waals surface area contributed by atoms with Crippen molar-refractivity contribution in [2.75, 3.05) is 13.2 Å². The lowest BCUT2D eigenvalue weighted by molar-refractivity contribution is 0.335. The fourth-order valence-electron chi connectivity index (χ4n) is 1.83. The van der Waals surface area contributed by atoms with Crippen molar-refractivity contribution in [1.29, 1.82) is 0 Å². The zero-order valence-electron chi connectivity index (χ0n) is 10.3. The Hall–Kier alpha value is -0.730. The third-order valence-corrected chi connectivity index (χ3v) is 3.29. The minimum atomic E-state index is 0.677. The molecular weight excluding hydrogens is 222 g/mol. The second-order valence-corrected chi connectivity index (χ2v) is 4.31. The van der Waals surface area contributed by atoms with Crippen molar-refractivity contribution in [3.05, 3.63) is 27.8 Å². The Balaban J connectivity index is 3.13. The van der Waals surface area contributed by atoms with E-state index < -0.39 is 0 Å². The summed E-state index contributed by atoms with van der Waals surface area (Å²) < 4.78 is 5.65. The first kappa shape index (κ1) is 13.3. The van der Waals surface area contributed by atoms with E-state index in [-0.39, 0.29) is 0 Å². The Bertz CT molecular complexity index is 363. The Morgan fingerprint density at radius 1 is 1.38 bits per heavy atom. The van der Waals surface area contributed by atoms with Crippen LogP contribution in [0.4, 0.5) is 0 Å². The molecule has 0 saturated carbocycles. The van der Waals surface area contributed by atoms with Gasteiger partial charge in [0.25, 0.3) is 0 Å². The molecule has 1 aromatic carbocycles. The summed E-state index contributed by atoms with van der Waals surface area (Å²) in [6.45, 7) is 7.41. The van der Waals surface area contributed by atoms with Gasteiger partial charge in [-0.15, -0.1) is 0 Å². The number of benzene rings is 1. The fourth-order valence-corrected chi connectivity index (χ4v) is 2.00. The molecule has 90 valence electrons. The van der Waals surface area contributed by atoms with E-state index in [9.17, 15) is 0 Å². The lowest BCUT2D eigenvalue weighted by Crippen LogP contribution is -2.05. The van der Waals surface area contributed by atoms with Gasteiger partial charge in [0, 0.05) is 5.02 Å². The molecule has 0 heterocycles. The molecule has 2 nitrogen and oxygen atoms in total. The van der Waals surface area contributed by atoms with Gasteiger partial charge in [-0.3, -0.25) is 0 Å². The van der Waals surface area contributed by atoms with Gasteiger partial charge in [-0.25, -0.2) is 0 Å². The van der Waals surface area contributed by atoms with Crippen molar-refractivity contribution in [2.24, 2.45) is 5.73 Å². The predicted octanol–water partition coefficient (Wildman–Crippen LogP) is 3.25. The maximum absolute atomic E-state index is 6.25. The Kier molecular flexibility index (Phi) is 5.10. The molecule has 1 aromatic rings. The molecule has 0 atom stereocenters. The summed E-state index contributed by atoms with van der Waals surface area (Å²) in [5.41, 5.74) is 8.93. The molecule has 0 unspecified atom stereocenters. The lowest BCUT2D eigenvalue weighted by atomic mass is 10.00. The van der Waals surface area contributed by atoms with Gasteiger partial charge in [-0.2, -0.15) is 0 Å². The van der Waals surface area contributed by atoms with E-state index in [4.69, 9.17) is 22.1 Å². The second kappa shape index (κ2) is 6.12. The molecule has 0 aromatic heterocycles. The molecule has 0 radical (unpaired) electrons. The molecule has 0 aliphatic rings. The maximum atomic E-state index is 6.25. The number of aryl methyl sites for hydroxylation is 1. The summed E-state index contributed by atoms with van der Waals surface area (Å²) in [4.78, 5) is 0. The first-order valence-corrected chi connectivity index (χ1v) is 6.11. The van der Waals surface area contributed by atoms with Crippen LogP contribution in [0.3, 0.4) is 0 Å². The highest BCUT2D eigenvalue weighted by Crippen LogP contribution is 2.32. The zero-order chi connectivity index (χ0) is 12.1. The van der Waals surface area contributed by atoms with E-state index in [1.807, 2.05) is 26.8 Å². The molecule has 0 fully saturated rings. The van der Waals surface area contributed by atoms with Gasteiger partial charge in [0.2, 0.25) is 0 Å². The molecule has 0 bridgehead atoms. The van der Waals surface area contributed by atoms with Gasteiger partial charge in [0.15, 0.2) is 0 Å². The monoisotopic (exact) mass is 241 g/mol. The maximum Gasteiger partial charge on any atom is 0.123 e. The van der Waals surface area contributed by atoms with Crippen molar-refractivity contribution in [3.8, 4) is 5.75 Å². The van der Waals surface area contributed by atoms with Crippen LogP contribution in [0.5, 0.6) is 5.75 Å². The number of hydrogen-bond donors (Lipinski definition) is 1. The molecule has 1 rings (SSSR count). The second-order valence-electron chi connectivity index (χ2n) is 3.93. The van der Waals surface area contributed by atoms with Crippen LogP contribution in [-0.4, -0.2) is 13.2 Å². The summed E-state index contributed by atoms with van der Waals surface area (Å²) in [7, 11) is 0. The average Bonchev–Trinajstić information content (AvgIpc) is 2.26. The quantitative estimate of drug-likeness (QED) is 0.859. The van der Waals surface area contributed by atoms with Crippen molar-refractivity contribution >= 4 is 11.6 Å². The molecule has 0 aliphatic heterocycles. The van der Waals surface area contributed by atoms with Crippen LogP contribution in [0, 0.1) is 13.8 Å². The van der Waals surface area contributed by atoms with E-state index >= 15 is 0 Å². The van der Waals surface area contributed by atoms with Crippen molar-refractivity contribution < 1.29 is 4.74 Å². The SMILES string of the molecule is CCOc1cc(C)c(Cl)c(C)c1CCCN. The van der Waals surface area contributed by atoms with E-state index in [1.54, 1.807) is 0 Å². The highest BCUT2D eigenvalue weighted by molar-refractivity contribution is 6.32. The first-order chi connectivity index (χ1) is 7.61. The average molecular weight is 242 g/mol. The summed E-state index contributed by atoms with van der Waals surface area (Å²) in [6.07, 6.45) is 1.89. The fraction of sp³-hybridized carbons (Fsp3) is 0.538. The third-order valence-electron chi connectivity index (χ3n) is 2.70. The van der Waals surface area contributed by atoms with Gasteiger partial charge in [-0.05, 0) is 62.9 Å². The zero-order valence-corrected chi connectivity index (χ0v) is 11.0. The number of ether oxygens (including phenoxy) is 1. The Morgan fingerprint density at radius 3 is 2.62 bits per heavy atom. The minimum Gasteiger partial charge on any atom is -0.494 e. The van der Waals surface area contributed by atoms with Gasteiger partial charge >= 0.3 is 0 Å². The van der Waals surface area contributed by atoms with Crippen LogP contribution < -0.4 is 10.5 Å². The number of halogens is 1. The summed E-state index contributed by atoms with van der Waals surface area (Å²) in [6, 6.07) is 2.02. The number of hydrogen-bond acceptors (Lipinski definition) is 2. The highest BCUT2D eigenvalue weighted by atomic mass is 35.5. The molecule has 0 aliphatic carbocycles. The molecule has 3 heteroatoms. The topological polar surface area (TPSA) is 35.2 Å². The molecular formula is C13H20ClNO. The lowest BCUT2D eigenvalue weighted by Gasteiger charge is -2.16. The van der Waals surface area contributed by atoms with Crippen LogP contribution in [0.25, 0.3) is 0 Å². The number of nitrogens with two attached hydrogens (primary N) is 1. The van der Waals surface area contributed by atoms with Crippen LogP contribution in [0.15, 0.2) is 6.07 Å². The van der Waals surface area contributed by atoms with Gasteiger partial charge < -0.3 is 10.5 Å². The molecule has 0 spiro atoms. The summed E-state index contributed by atoms with van der Waals surface area (Å²) in [5, 5.41) is 0.843. The smallest absolute Gasteiger partial charge is 0.123 e. The number of rotatable bonds is 5. The summed E-state index contributed by atoms with van der Waals surface area (Å²) >= 11 is 6.25. The van der Waals surface area contributed by atoms with Crippen molar-refractivity contribution in [3.63, 3.8) is 0 Å². The van der Waals surface area contributed by atoms with E-state index in [0.717, 1.165) is 34.7 Å². The third kappa shape index (κ3) is 2.89.